The molecule has 0 atom stereocenters. The number of hydrogen-bond acceptors (Lipinski definition) is 6. The van der Waals surface area contributed by atoms with Gasteiger partial charge in [-0.15, -0.1) is 0 Å². The smallest absolute Gasteiger partial charge is 0.478 e. The molecule has 0 aromatic heterocycles. The van der Waals surface area contributed by atoms with E-state index in [0.29, 0.717) is 0 Å². The van der Waals surface area contributed by atoms with Crippen LogP contribution in [0.15, 0.2) is 0 Å². The molecule has 20 heavy (non-hydrogen) atoms. The van der Waals surface area contributed by atoms with Crippen molar-refractivity contribution in [3.63, 3.8) is 0 Å². The Hall–Kier alpha value is -1.65. The van der Waals surface area contributed by atoms with Crippen LogP contribution in [0.5, 0.6) is 5.75 Å². The van der Waals surface area contributed by atoms with Gasteiger partial charge in [0.15, 0.2) is 5.75 Å². The third-order valence-electron chi connectivity index (χ3n) is 2.89. The fraction of sp³-hybridized carbons (Fsp3) is 0.300. The Balaban J connectivity index is 3.80. The highest BCUT2D eigenvalue weighted by Gasteiger charge is 2.29. The number of halogens is 1. The third-order valence-corrected chi connectivity index (χ3v) is 3.26. The molecule has 0 amide bonds. The number of carboxylic acid groups (broad SMARTS) is 1. The molecule has 3 N–H and O–H groups in total. The van der Waals surface area contributed by atoms with Crippen LogP contribution in [0.25, 0.3) is 0 Å². The maximum atomic E-state index is 12.7. The van der Waals surface area contributed by atoms with E-state index in [-0.39, 0.29) is 27.7 Å². The predicted molar refractivity (Wildman–Crippen MR) is 68.1 cm³/mol. The van der Waals surface area contributed by atoms with E-state index in [1.165, 1.54) is 20.8 Å². The molecule has 110 valence electrons. The van der Waals surface area contributed by atoms with Crippen molar-refractivity contribution in [2.45, 2.75) is 20.8 Å². The number of carboxylic acids is 1. The Morgan fingerprint density at radius 1 is 1.15 bits per heavy atom. The summed E-state index contributed by atoms with van der Waals surface area (Å²) >= 11 is 0. The van der Waals surface area contributed by atoms with Crippen molar-refractivity contribution >= 4 is 29.1 Å². The van der Waals surface area contributed by atoms with Crippen molar-refractivity contribution in [2.75, 3.05) is 0 Å². The van der Waals surface area contributed by atoms with Crippen molar-refractivity contribution in [1.29, 1.82) is 0 Å². The van der Waals surface area contributed by atoms with Crippen molar-refractivity contribution in [3.05, 3.63) is 22.3 Å². The van der Waals surface area contributed by atoms with Gasteiger partial charge in [-0.25, -0.2) is 4.79 Å². The molecule has 0 spiro atoms. The van der Waals surface area contributed by atoms with Gasteiger partial charge in [-0.05, 0) is 37.4 Å². The van der Waals surface area contributed by atoms with Crippen molar-refractivity contribution < 1.29 is 36.4 Å². The number of benzene rings is 1. The molecule has 0 radical (unpaired) electrons. The SMILES string of the molecule is Cc1c(OS(=O)(=O)F)c(C)c(C(=O)O)c(C)c1B(O)O. The van der Waals surface area contributed by atoms with Crippen LogP contribution in [-0.4, -0.2) is 36.7 Å². The van der Waals surface area contributed by atoms with Crippen molar-refractivity contribution in [3.8, 4) is 5.75 Å². The summed E-state index contributed by atoms with van der Waals surface area (Å²) in [7, 11) is -7.43. The molecule has 0 saturated carbocycles. The molecule has 0 aliphatic rings. The lowest BCUT2D eigenvalue weighted by Gasteiger charge is -2.18. The Labute approximate surface area is 115 Å². The zero-order valence-electron chi connectivity index (χ0n) is 10.8. The summed E-state index contributed by atoms with van der Waals surface area (Å²) in [5.41, 5.74) is -0.783. The number of carbonyl (C=O) groups is 1. The standard InChI is InChI=1S/C10H12BFO7S/c1-4-7(10(13)14)5(2)9(19-20(12,17)18)6(3)8(4)11(15)16/h15-16H,1-3H3,(H,13,14). The van der Waals surface area contributed by atoms with Gasteiger partial charge in [0, 0.05) is 5.56 Å². The Kier molecular flexibility index (Phi) is 4.42. The molecule has 0 bridgehead atoms. The summed E-state index contributed by atoms with van der Waals surface area (Å²) in [6, 6.07) is 0. The lowest BCUT2D eigenvalue weighted by molar-refractivity contribution is 0.0695. The quantitative estimate of drug-likeness (QED) is 0.510. The maximum Gasteiger partial charge on any atom is 0.489 e. The zero-order chi connectivity index (χ0) is 15.8. The van der Waals surface area contributed by atoms with Crippen molar-refractivity contribution in [1.82, 2.24) is 0 Å². The first-order valence-corrected chi connectivity index (χ1v) is 6.65. The number of rotatable bonds is 4. The molecule has 1 rings (SSSR count). The Bertz CT molecular complexity index is 669. The molecule has 0 aliphatic carbocycles. The van der Waals surface area contributed by atoms with E-state index in [2.05, 4.69) is 4.18 Å². The Morgan fingerprint density at radius 2 is 1.65 bits per heavy atom. The highest BCUT2D eigenvalue weighted by Crippen LogP contribution is 2.29. The minimum Gasteiger partial charge on any atom is -0.478 e. The van der Waals surface area contributed by atoms with Gasteiger partial charge >= 0.3 is 23.6 Å². The van der Waals surface area contributed by atoms with Crippen LogP contribution in [-0.2, 0) is 10.5 Å². The van der Waals surface area contributed by atoms with Crippen LogP contribution in [0.2, 0.25) is 0 Å². The normalized spacial score (nSPS) is 11.3. The van der Waals surface area contributed by atoms with E-state index in [1.807, 2.05) is 0 Å². The molecule has 0 heterocycles. The van der Waals surface area contributed by atoms with Gasteiger partial charge in [-0.3, -0.25) is 0 Å². The van der Waals surface area contributed by atoms with Gasteiger partial charge in [-0.1, -0.05) is 3.89 Å². The fourth-order valence-electron chi connectivity index (χ4n) is 2.15. The summed E-state index contributed by atoms with van der Waals surface area (Å²) in [6.45, 7) is 3.82. The molecule has 1 aromatic rings. The topological polar surface area (TPSA) is 121 Å². The molecule has 7 nitrogen and oxygen atoms in total. The van der Waals surface area contributed by atoms with E-state index >= 15 is 0 Å². The largest absolute Gasteiger partial charge is 0.489 e. The summed E-state index contributed by atoms with van der Waals surface area (Å²) < 4.78 is 38.0. The molecule has 1 aromatic carbocycles. The molecular formula is C10H12BFO7S. The van der Waals surface area contributed by atoms with Gasteiger partial charge in [0.05, 0.1) is 5.56 Å². The Morgan fingerprint density at radius 3 is 2.00 bits per heavy atom. The van der Waals surface area contributed by atoms with Crippen LogP contribution in [0.3, 0.4) is 0 Å². The van der Waals surface area contributed by atoms with Gasteiger partial charge in [0.1, 0.15) is 0 Å². The van der Waals surface area contributed by atoms with Gasteiger partial charge in [0.2, 0.25) is 0 Å². The number of aromatic carboxylic acids is 1. The first-order valence-electron chi connectivity index (χ1n) is 5.34. The fourth-order valence-corrected chi connectivity index (χ4v) is 2.60. The zero-order valence-corrected chi connectivity index (χ0v) is 11.7. The molecule has 0 saturated heterocycles. The van der Waals surface area contributed by atoms with Crippen LogP contribution >= 0.6 is 0 Å². The summed E-state index contributed by atoms with van der Waals surface area (Å²) in [5, 5.41) is 27.6. The van der Waals surface area contributed by atoms with Crippen molar-refractivity contribution in [2.24, 2.45) is 0 Å². The highest BCUT2D eigenvalue weighted by atomic mass is 32.3. The lowest BCUT2D eigenvalue weighted by atomic mass is 9.72. The summed E-state index contributed by atoms with van der Waals surface area (Å²) in [4.78, 5) is 11.2. The average Bonchev–Trinajstić information content (AvgIpc) is 2.21. The van der Waals surface area contributed by atoms with Gasteiger partial charge in [0.25, 0.3) is 0 Å². The van der Waals surface area contributed by atoms with E-state index < -0.39 is 29.3 Å². The second-order valence-electron chi connectivity index (χ2n) is 4.15. The molecule has 10 heteroatoms. The minimum atomic E-state index is -5.38. The summed E-state index contributed by atoms with van der Waals surface area (Å²) in [6.07, 6.45) is 0. The van der Waals surface area contributed by atoms with Crippen LogP contribution in [0.4, 0.5) is 3.89 Å². The van der Waals surface area contributed by atoms with Crippen LogP contribution < -0.4 is 9.65 Å². The molecule has 0 aliphatic heterocycles. The molecular weight excluding hydrogens is 294 g/mol. The van der Waals surface area contributed by atoms with Gasteiger partial charge in [-0.2, -0.15) is 8.42 Å². The van der Waals surface area contributed by atoms with Crippen LogP contribution in [0, 0.1) is 20.8 Å². The first kappa shape index (κ1) is 16.4. The van der Waals surface area contributed by atoms with E-state index in [4.69, 9.17) is 5.11 Å². The second-order valence-corrected chi connectivity index (χ2v) is 5.10. The maximum absolute atomic E-state index is 12.7. The van der Waals surface area contributed by atoms with Gasteiger partial charge < -0.3 is 19.3 Å². The molecule has 0 unspecified atom stereocenters. The van der Waals surface area contributed by atoms with E-state index in [9.17, 15) is 27.1 Å². The lowest BCUT2D eigenvalue weighted by Crippen LogP contribution is -2.36. The number of hydrogen-bond donors (Lipinski definition) is 3. The summed E-state index contributed by atoms with van der Waals surface area (Å²) in [5.74, 6) is -2.00. The third kappa shape index (κ3) is 3.08. The van der Waals surface area contributed by atoms with E-state index in [1.54, 1.807) is 0 Å². The monoisotopic (exact) mass is 306 g/mol. The highest BCUT2D eigenvalue weighted by molar-refractivity contribution is 7.81. The first-order chi connectivity index (χ1) is 8.97. The molecule has 0 fully saturated rings. The predicted octanol–water partition coefficient (Wildman–Crippen LogP) is -0.417. The minimum absolute atomic E-state index is 0.0334. The second kappa shape index (κ2) is 5.39. The average molecular weight is 306 g/mol. The van der Waals surface area contributed by atoms with Crippen LogP contribution in [0.1, 0.15) is 27.0 Å². The van der Waals surface area contributed by atoms with E-state index in [0.717, 1.165) is 0 Å².